The Labute approximate surface area is 281 Å². The van der Waals surface area contributed by atoms with Crippen LogP contribution in [-0.2, 0) is 45.9 Å². The number of ether oxygens (including phenoxy) is 1. The number of anilines is 1. The minimum Gasteiger partial charge on any atom is -0.386 e. The first-order valence-electron chi connectivity index (χ1n) is 14.9. The van der Waals surface area contributed by atoms with E-state index in [1.807, 2.05) is 0 Å². The summed E-state index contributed by atoms with van der Waals surface area (Å²) in [6.07, 6.45) is -9.57. The van der Waals surface area contributed by atoms with Crippen LogP contribution in [-0.4, -0.2) is 118 Å². The van der Waals surface area contributed by atoms with Crippen LogP contribution in [0.5, 0.6) is 0 Å². The molecule has 0 spiro atoms. The van der Waals surface area contributed by atoms with Gasteiger partial charge in [0, 0.05) is 30.7 Å². The van der Waals surface area contributed by atoms with Crippen molar-refractivity contribution >= 4 is 64.9 Å². The van der Waals surface area contributed by atoms with Gasteiger partial charge in [0.25, 0.3) is 0 Å². The molecule has 0 aliphatic carbocycles. The standard InChI is InChI=1S/C21H36N7O16P3S/c1-21(2,16(31)19(32)24-4-3-12(29)23-5-6-48)8-41-47(38,39)44-46(36,37)40-7-11-15(43-45(33,34)35)14(30)20(42-11)28-10-27-13-17(22)25-9-26-18(13)28/h9-11,14-16,20,30-31,48H,3-8H2,1-2H3,(H,23,29)(H,24,32)(H,36,37)(H,38,39)(H2,22,25,26)(H2,33,34,35)/t11-,14-,15-,16+,20-/m1/s1/i10D/hD2. The van der Waals surface area contributed by atoms with Gasteiger partial charge in [0.1, 0.15) is 37.6 Å². The molecule has 3 rings (SSSR count). The van der Waals surface area contributed by atoms with Crippen molar-refractivity contribution in [2.75, 3.05) is 37.8 Å². The number of thiol groups is 1. The molecule has 2 aromatic heterocycles. The van der Waals surface area contributed by atoms with Crippen LogP contribution >= 0.6 is 36.1 Å². The Morgan fingerprint density at radius 1 is 1.17 bits per heavy atom. The fourth-order valence-corrected chi connectivity index (χ4v) is 6.97. The van der Waals surface area contributed by atoms with Gasteiger partial charge in [-0.25, -0.2) is 28.6 Å². The van der Waals surface area contributed by atoms with Crippen molar-refractivity contribution in [3.63, 3.8) is 0 Å². The number of amides is 2. The lowest BCUT2D eigenvalue weighted by Crippen LogP contribution is -2.46. The highest BCUT2D eigenvalue weighted by Crippen LogP contribution is 2.61. The predicted molar refractivity (Wildman–Crippen MR) is 163 cm³/mol. The Morgan fingerprint density at radius 2 is 1.85 bits per heavy atom. The molecule has 2 amide bonds. The summed E-state index contributed by atoms with van der Waals surface area (Å²) in [6, 6.07) is 0. The molecule has 2 aromatic rings. The number of imidazole rings is 1. The summed E-state index contributed by atoms with van der Waals surface area (Å²) in [4.78, 5) is 74.5. The first-order valence-corrected chi connectivity index (χ1v) is 18.7. The fourth-order valence-electron chi connectivity index (χ4n) is 4.03. The molecule has 2 unspecified atom stereocenters. The summed E-state index contributed by atoms with van der Waals surface area (Å²) in [5, 5.41) is 26.2. The van der Waals surface area contributed by atoms with Crippen LogP contribution in [0.2, 0.25) is 2.82 Å². The summed E-state index contributed by atoms with van der Waals surface area (Å²) in [6.45, 7) is 0.498. The average Bonchev–Trinajstić information content (AvgIpc) is 3.50. The smallest absolute Gasteiger partial charge is 0.386 e. The van der Waals surface area contributed by atoms with Crippen LogP contribution in [0.4, 0.5) is 5.82 Å². The van der Waals surface area contributed by atoms with Crippen LogP contribution in [0.15, 0.2) is 12.6 Å². The number of aromatic nitrogens is 4. The molecule has 7 atom stereocenters. The van der Waals surface area contributed by atoms with E-state index in [1.165, 1.54) is 13.8 Å². The minimum atomic E-state index is -5.63. The number of carbonyl (C=O) groups excluding carboxylic acids is 2. The van der Waals surface area contributed by atoms with Gasteiger partial charge in [-0.3, -0.25) is 27.7 Å². The van der Waals surface area contributed by atoms with E-state index in [-0.39, 0.29) is 41.6 Å². The van der Waals surface area contributed by atoms with Gasteiger partial charge in [0.05, 0.1) is 19.5 Å². The predicted octanol–water partition coefficient (Wildman–Crippen LogP) is -1.67. The second-order valence-electron chi connectivity index (χ2n) is 10.7. The summed E-state index contributed by atoms with van der Waals surface area (Å²) in [5.74, 6) is -1.35. The third-order valence-corrected chi connectivity index (χ3v) is 9.71. The van der Waals surface area contributed by atoms with Crippen molar-refractivity contribution < 1.29 is 79.9 Å². The Bertz CT molecular complexity index is 1710. The monoisotopic (exact) mass is 770 g/mol. The van der Waals surface area contributed by atoms with Crippen LogP contribution in [0.25, 0.3) is 11.2 Å². The first-order chi connectivity index (χ1) is 23.5. The zero-order chi connectivity index (χ0) is 38.5. The summed E-state index contributed by atoms with van der Waals surface area (Å²) >= 11 is 3.94. The van der Waals surface area contributed by atoms with Crippen molar-refractivity contribution in [2.24, 2.45) is 5.41 Å². The van der Waals surface area contributed by atoms with E-state index in [0.717, 1.165) is 10.9 Å². The van der Waals surface area contributed by atoms with E-state index in [0.29, 0.717) is 12.3 Å². The van der Waals surface area contributed by atoms with Crippen molar-refractivity contribution in [1.29, 1.82) is 0 Å². The Hall–Kier alpha value is -2.11. The number of carbonyl (C=O) groups is 2. The normalized spacial score (nSPS) is 24.1. The average molecular weight is 771 g/mol. The molecule has 1 aliphatic heterocycles. The topological polar surface area (TPSA) is 347 Å². The Morgan fingerprint density at radius 3 is 2.50 bits per heavy atom. The summed E-state index contributed by atoms with van der Waals surface area (Å²) in [5.41, 5.74) is -2.11. The second kappa shape index (κ2) is 16.3. The lowest BCUT2D eigenvalue weighted by molar-refractivity contribution is -0.137. The van der Waals surface area contributed by atoms with E-state index in [9.17, 15) is 53.1 Å². The van der Waals surface area contributed by atoms with Gasteiger partial charge in [-0.2, -0.15) is 16.9 Å². The second-order valence-corrected chi connectivity index (χ2v) is 15.3. The molecule has 1 saturated heterocycles. The molecular formula is C21H36N7O16P3S. The fraction of sp³-hybridized carbons (Fsp3) is 0.667. The number of nitrogens with two attached hydrogens (primary N) is 1. The van der Waals surface area contributed by atoms with Crippen molar-refractivity contribution in [3.05, 3.63) is 12.6 Å². The zero-order valence-corrected chi connectivity index (χ0v) is 28.6. The number of fused-ring (bicyclic) bond motifs is 1. The molecule has 0 saturated carbocycles. The molecule has 1 aliphatic rings. The molecule has 3 heterocycles. The van der Waals surface area contributed by atoms with Gasteiger partial charge in [-0.05, 0) is 0 Å². The van der Waals surface area contributed by atoms with Gasteiger partial charge < -0.3 is 50.9 Å². The Kier molecular flexibility index (Phi) is 12.1. The van der Waals surface area contributed by atoms with Crippen molar-refractivity contribution in [1.82, 2.24) is 30.2 Å². The van der Waals surface area contributed by atoms with Gasteiger partial charge in [-0.15, -0.1) is 0 Å². The maximum absolute atomic E-state index is 12.6. The number of aliphatic hydroxyl groups excluding tert-OH is 2. The molecule has 10 N–H and O–H groups in total. The largest absolute Gasteiger partial charge is 0.481 e. The number of phosphoric acid groups is 3. The summed E-state index contributed by atoms with van der Waals surface area (Å²) in [7, 11) is -16.6. The highest BCUT2D eigenvalue weighted by Gasteiger charge is 2.50. The van der Waals surface area contributed by atoms with Crippen LogP contribution in [0, 0.1) is 5.41 Å². The van der Waals surface area contributed by atoms with E-state index >= 15 is 0 Å². The molecule has 0 radical (unpaired) electrons. The van der Waals surface area contributed by atoms with Crippen LogP contribution in [0.1, 0.15) is 27.9 Å². The number of aliphatic hydroxyl groups is 2. The summed E-state index contributed by atoms with van der Waals surface area (Å²) < 4.78 is 84.5. The number of phosphoric ester groups is 3. The molecule has 48 heavy (non-hydrogen) atoms. The Balaban J connectivity index is 1.67. The molecule has 23 nitrogen and oxygen atoms in total. The third-order valence-electron chi connectivity index (χ3n) is 6.39. The number of nitrogens with one attached hydrogen (secondary N) is 2. The van der Waals surface area contributed by atoms with Gasteiger partial charge in [0.15, 0.2) is 20.5 Å². The van der Waals surface area contributed by atoms with Crippen LogP contribution in [0.3, 0.4) is 0 Å². The van der Waals surface area contributed by atoms with Crippen LogP contribution < -0.4 is 16.4 Å². The maximum atomic E-state index is 12.6. The van der Waals surface area contributed by atoms with Gasteiger partial charge in [-0.1, -0.05) is 13.8 Å². The van der Waals surface area contributed by atoms with E-state index in [4.69, 9.17) is 13.5 Å². The van der Waals surface area contributed by atoms with E-state index in [1.54, 1.807) is 0 Å². The molecular weight excluding hydrogens is 731 g/mol. The first kappa shape index (κ1) is 35.7. The molecule has 1 fully saturated rings. The molecule has 272 valence electrons. The number of rotatable bonds is 19. The SMILES string of the molecule is [2H]c1nc2c(N([2H])[2H])ncnc2n1[C@@H]1O[C@H](COP(=O)(O)OP(=O)(O)OCC(C)(C)[C@@H](O)C(=O)NCCC(=O)NCCS)[C@@H](OP(=O)(O)O)[C@H]1O. The van der Waals surface area contributed by atoms with Crippen molar-refractivity contribution in [3.8, 4) is 0 Å². The third kappa shape index (κ3) is 11.2. The lowest BCUT2D eigenvalue weighted by Gasteiger charge is -2.30. The molecule has 27 heteroatoms. The highest BCUT2D eigenvalue weighted by molar-refractivity contribution is 7.80. The lowest BCUT2D eigenvalue weighted by atomic mass is 9.87. The van der Waals surface area contributed by atoms with Gasteiger partial charge in [0.2, 0.25) is 11.8 Å². The van der Waals surface area contributed by atoms with E-state index in [2.05, 4.69) is 51.6 Å². The number of nitrogens with zero attached hydrogens (tertiary/aromatic N) is 4. The maximum Gasteiger partial charge on any atom is 0.481 e. The highest BCUT2D eigenvalue weighted by atomic mass is 32.1. The minimum absolute atomic E-state index is 0.0585. The quantitative estimate of drug-likeness (QED) is 0.0564. The number of hydrogen-bond donors (Lipinski definition) is 10. The number of hydrogen-bond acceptors (Lipinski definition) is 17. The zero-order valence-electron chi connectivity index (χ0n) is 28.0. The molecule has 0 aromatic carbocycles. The van der Waals surface area contributed by atoms with Gasteiger partial charge >= 0.3 is 23.5 Å². The molecule has 0 bridgehead atoms. The van der Waals surface area contributed by atoms with E-state index < -0.39 is 85.0 Å². The van der Waals surface area contributed by atoms with Crippen molar-refractivity contribution in [2.45, 2.75) is 50.9 Å². The number of nitrogen functional groups attached to an aromatic ring is 1.